The molecule has 8 aromatic carbocycles. The first-order valence-corrected chi connectivity index (χ1v) is 18.7. The molecule has 3 heterocycles. The van der Waals surface area contributed by atoms with E-state index in [1.54, 1.807) is 0 Å². The number of rotatable bonds is 6. The molecule has 3 aromatic heterocycles. The first kappa shape index (κ1) is 31.9. The molecule has 0 aliphatic rings. The molecule has 0 bridgehead atoms. The van der Waals surface area contributed by atoms with Crippen molar-refractivity contribution in [3.05, 3.63) is 188 Å². The summed E-state index contributed by atoms with van der Waals surface area (Å²) in [5, 5.41) is 4.30. The number of nitrogens with zero attached hydrogens (tertiary/aromatic N) is 3. The van der Waals surface area contributed by atoms with Gasteiger partial charge in [-0.05, 0) is 94.0 Å². The van der Waals surface area contributed by atoms with E-state index in [4.69, 9.17) is 23.8 Å². The van der Waals surface area contributed by atoms with Crippen LogP contribution in [0, 0.1) is 0 Å². The Hall–Kier alpha value is -7.63. The van der Waals surface area contributed by atoms with Crippen molar-refractivity contribution < 1.29 is 8.83 Å². The highest BCUT2D eigenvalue weighted by molar-refractivity contribution is 6.09. The van der Waals surface area contributed by atoms with Gasteiger partial charge in [0.25, 0.3) is 0 Å². The Morgan fingerprint density at radius 2 is 0.661 bits per heavy atom. The normalized spacial score (nSPS) is 11.6. The van der Waals surface area contributed by atoms with Crippen LogP contribution in [0.4, 0.5) is 0 Å². The second-order valence-electron chi connectivity index (χ2n) is 14.0. The molecule has 0 spiro atoms. The molecule has 5 nitrogen and oxygen atoms in total. The maximum Gasteiger partial charge on any atom is 0.164 e. The average Bonchev–Trinajstić information content (AvgIpc) is 3.84. The lowest BCUT2D eigenvalue weighted by atomic mass is 9.96. The molecular weight excluding hydrogens is 687 g/mol. The van der Waals surface area contributed by atoms with Gasteiger partial charge in [0.15, 0.2) is 17.5 Å². The standard InChI is InChI=1S/C51H31N3O2/c1-4-12-32(13-5-1)38-26-39(33-14-6-2-7-15-33)28-40(27-38)51-53-49(34-16-8-3-9-17-34)52-50(54-51)37-20-23-42-44-30-36(22-25-47(44)56-48(42)31-37)35-21-24-46-43(29-35)41-18-10-11-19-45(41)55-46/h1-31H. The minimum Gasteiger partial charge on any atom is -0.456 e. The van der Waals surface area contributed by atoms with Crippen LogP contribution in [0.3, 0.4) is 0 Å². The van der Waals surface area contributed by atoms with Crippen molar-refractivity contribution in [1.29, 1.82) is 0 Å². The molecule has 262 valence electrons. The Balaban J connectivity index is 1.04. The molecule has 5 heteroatoms. The summed E-state index contributed by atoms with van der Waals surface area (Å²) in [6.45, 7) is 0. The summed E-state index contributed by atoms with van der Waals surface area (Å²) in [6.07, 6.45) is 0. The largest absolute Gasteiger partial charge is 0.456 e. The fraction of sp³-hybridized carbons (Fsp3) is 0. The van der Waals surface area contributed by atoms with Gasteiger partial charge >= 0.3 is 0 Å². The molecule has 0 radical (unpaired) electrons. The summed E-state index contributed by atoms with van der Waals surface area (Å²) in [5.74, 6) is 1.78. The topological polar surface area (TPSA) is 65.0 Å². The average molecular weight is 718 g/mol. The minimum atomic E-state index is 0.573. The maximum atomic E-state index is 6.49. The van der Waals surface area contributed by atoms with E-state index in [-0.39, 0.29) is 0 Å². The minimum absolute atomic E-state index is 0.573. The summed E-state index contributed by atoms with van der Waals surface area (Å²) >= 11 is 0. The molecule has 0 fully saturated rings. The van der Waals surface area contributed by atoms with Gasteiger partial charge in [-0.1, -0.05) is 127 Å². The molecule has 0 aliphatic heterocycles. The van der Waals surface area contributed by atoms with Crippen LogP contribution < -0.4 is 0 Å². The van der Waals surface area contributed by atoms with Crippen LogP contribution in [-0.2, 0) is 0 Å². The van der Waals surface area contributed by atoms with Gasteiger partial charge in [-0.3, -0.25) is 0 Å². The lowest BCUT2D eigenvalue weighted by Crippen LogP contribution is -2.00. The van der Waals surface area contributed by atoms with Gasteiger partial charge in [-0.2, -0.15) is 0 Å². The molecule has 11 rings (SSSR count). The number of hydrogen-bond donors (Lipinski definition) is 0. The third kappa shape index (κ3) is 5.62. The number of benzene rings is 8. The fourth-order valence-electron chi connectivity index (χ4n) is 7.70. The Morgan fingerprint density at radius 1 is 0.232 bits per heavy atom. The van der Waals surface area contributed by atoms with E-state index in [0.29, 0.717) is 17.5 Å². The van der Waals surface area contributed by atoms with Crippen LogP contribution in [0.2, 0.25) is 0 Å². The molecular formula is C51H31N3O2. The van der Waals surface area contributed by atoms with Crippen molar-refractivity contribution in [2.24, 2.45) is 0 Å². The molecule has 0 N–H and O–H groups in total. The van der Waals surface area contributed by atoms with E-state index in [1.807, 2.05) is 66.7 Å². The Kier molecular flexibility index (Phi) is 7.42. The molecule has 0 saturated heterocycles. The monoisotopic (exact) mass is 717 g/mol. The van der Waals surface area contributed by atoms with Crippen LogP contribution in [0.5, 0.6) is 0 Å². The van der Waals surface area contributed by atoms with E-state index < -0.39 is 0 Å². The molecule has 0 atom stereocenters. The lowest BCUT2D eigenvalue weighted by Gasteiger charge is -2.12. The van der Waals surface area contributed by atoms with Crippen molar-refractivity contribution >= 4 is 43.9 Å². The Bertz CT molecular complexity index is 3180. The number of para-hydroxylation sites is 1. The molecule has 0 unspecified atom stereocenters. The molecule has 0 aliphatic carbocycles. The van der Waals surface area contributed by atoms with Crippen molar-refractivity contribution in [3.8, 4) is 67.5 Å². The van der Waals surface area contributed by atoms with Crippen LogP contribution in [0.25, 0.3) is 111 Å². The predicted octanol–water partition coefficient (Wildman–Crippen LogP) is 13.7. The van der Waals surface area contributed by atoms with E-state index in [1.165, 1.54) is 0 Å². The van der Waals surface area contributed by atoms with Crippen molar-refractivity contribution in [3.63, 3.8) is 0 Å². The quantitative estimate of drug-likeness (QED) is 0.171. The summed E-state index contributed by atoms with van der Waals surface area (Å²) in [6, 6.07) is 64.7. The highest BCUT2D eigenvalue weighted by Gasteiger charge is 2.17. The third-order valence-electron chi connectivity index (χ3n) is 10.5. The van der Waals surface area contributed by atoms with Gasteiger partial charge in [0, 0.05) is 38.2 Å². The number of hydrogen-bond acceptors (Lipinski definition) is 5. The van der Waals surface area contributed by atoms with E-state index in [9.17, 15) is 0 Å². The van der Waals surface area contributed by atoms with Crippen molar-refractivity contribution in [1.82, 2.24) is 15.0 Å². The van der Waals surface area contributed by atoms with Gasteiger partial charge in [-0.15, -0.1) is 0 Å². The zero-order chi connectivity index (χ0) is 37.0. The van der Waals surface area contributed by atoms with Gasteiger partial charge in [0.2, 0.25) is 0 Å². The summed E-state index contributed by atoms with van der Waals surface area (Å²) in [4.78, 5) is 15.3. The summed E-state index contributed by atoms with van der Waals surface area (Å²) in [5.41, 5.74) is 12.7. The summed E-state index contributed by atoms with van der Waals surface area (Å²) < 4.78 is 12.6. The second-order valence-corrected chi connectivity index (χ2v) is 14.0. The van der Waals surface area contributed by atoms with E-state index in [2.05, 4.69) is 121 Å². The molecule has 0 saturated carbocycles. The van der Waals surface area contributed by atoms with E-state index >= 15 is 0 Å². The van der Waals surface area contributed by atoms with Gasteiger partial charge in [-0.25, -0.2) is 15.0 Å². The van der Waals surface area contributed by atoms with Crippen LogP contribution in [0.15, 0.2) is 197 Å². The zero-order valence-electron chi connectivity index (χ0n) is 30.1. The van der Waals surface area contributed by atoms with Crippen LogP contribution >= 0.6 is 0 Å². The third-order valence-corrected chi connectivity index (χ3v) is 10.5. The molecule has 0 amide bonds. The second kappa shape index (κ2) is 13.0. The van der Waals surface area contributed by atoms with Crippen LogP contribution in [0.1, 0.15) is 0 Å². The molecule has 11 aromatic rings. The Morgan fingerprint density at radius 3 is 1.27 bits per heavy atom. The van der Waals surface area contributed by atoms with Crippen molar-refractivity contribution in [2.45, 2.75) is 0 Å². The van der Waals surface area contributed by atoms with Crippen LogP contribution in [-0.4, -0.2) is 15.0 Å². The highest BCUT2D eigenvalue weighted by Crippen LogP contribution is 2.38. The number of aromatic nitrogens is 3. The first-order valence-electron chi connectivity index (χ1n) is 18.7. The molecule has 56 heavy (non-hydrogen) atoms. The van der Waals surface area contributed by atoms with Gasteiger partial charge in [0.05, 0.1) is 0 Å². The first-order chi connectivity index (χ1) is 27.7. The van der Waals surface area contributed by atoms with Gasteiger partial charge < -0.3 is 8.83 Å². The zero-order valence-corrected chi connectivity index (χ0v) is 30.1. The smallest absolute Gasteiger partial charge is 0.164 e. The highest BCUT2D eigenvalue weighted by atomic mass is 16.3. The lowest BCUT2D eigenvalue weighted by molar-refractivity contribution is 0.668. The fourth-order valence-corrected chi connectivity index (χ4v) is 7.70. The Labute approximate surface area is 322 Å². The SMILES string of the molecule is c1ccc(-c2cc(-c3ccccc3)cc(-c3nc(-c4ccccc4)nc(-c4ccc5c(c4)oc4ccc(-c6ccc7oc8ccccc8c7c6)cc45)n3)c2)cc1. The van der Waals surface area contributed by atoms with Crippen molar-refractivity contribution in [2.75, 3.05) is 0 Å². The maximum absolute atomic E-state index is 6.49. The summed E-state index contributed by atoms with van der Waals surface area (Å²) in [7, 11) is 0. The van der Waals surface area contributed by atoms with E-state index in [0.717, 1.165) is 93.9 Å². The number of furan rings is 2. The van der Waals surface area contributed by atoms with Gasteiger partial charge in [0.1, 0.15) is 22.3 Å². The predicted molar refractivity (Wildman–Crippen MR) is 227 cm³/mol. The number of fused-ring (bicyclic) bond motifs is 6.